The number of hydrogen-bond acceptors (Lipinski definition) is 4. The lowest BCUT2D eigenvalue weighted by molar-refractivity contribution is -0.134. The van der Waals surface area contributed by atoms with E-state index in [4.69, 9.17) is 0 Å². The molecule has 1 saturated heterocycles. The second-order valence-electron chi connectivity index (χ2n) is 10.1. The van der Waals surface area contributed by atoms with Crippen molar-refractivity contribution < 1.29 is 14.4 Å². The van der Waals surface area contributed by atoms with Crippen LogP contribution in [0.1, 0.15) is 59.3 Å². The first-order chi connectivity index (χ1) is 12.6. The Morgan fingerprint density at radius 1 is 1.15 bits per heavy atom. The molecular formula is C21H30N2O3S. The third-order valence-corrected chi connectivity index (χ3v) is 7.67. The Hall–Kier alpha value is -1.30. The molecule has 4 bridgehead atoms. The molecule has 0 spiro atoms. The van der Waals surface area contributed by atoms with E-state index in [1.165, 1.54) is 42.0 Å². The Balaban J connectivity index is 1.43. The van der Waals surface area contributed by atoms with Crippen LogP contribution in [-0.2, 0) is 14.4 Å². The van der Waals surface area contributed by atoms with Gasteiger partial charge in [-0.25, -0.2) is 0 Å². The van der Waals surface area contributed by atoms with Crippen LogP contribution in [0.4, 0.5) is 0 Å². The van der Waals surface area contributed by atoms with E-state index in [0.29, 0.717) is 10.8 Å². The molecule has 148 valence electrons. The van der Waals surface area contributed by atoms with Crippen LogP contribution in [0.25, 0.3) is 0 Å². The average molecular weight is 391 g/mol. The fraction of sp³-hybridized carbons (Fsp3) is 0.762. The first-order valence-electron chi connectivity index (χ1n) is 10.1. The standard InChI is InChI=1S/C21H30N2O3S/c1-20(2,3)16(24)7-19-23(18(26)12-27-19)11-17(25)22-21-8-13-4-14(9-21)6-15(5-13)10-21/h7,13-15H,4-6,8-12H2,1-3H3,(H,22,25)/b19-7+. The number of thioether (sulfide) groups is 1. The minimum Gasteiger partial charge on any atom is -0.349 e. The van der Waals surface area contributed by atoms with Gasteiger partial charge in [-0.3, -0.25) is 19.3 Å². The smallest absolute Gasteiger partial charge is 0.240 e. The van der Waals surface area contributed by atoms with E-state index in [9.17, 15) is 14.4 Å². The SMILES string of the molecule is CC(C)(C)C(=O)/C=C1/SCC(=O)N1CC(=O)NC12CC3CC(CC(C3)C1)C2. The predicted octanol–water partition coefficient (Wildman–Crippen LogP) is 3.10. The summed E-state index contributed by atoms with van der Waals surface area (Å²) in [4.78, 5) is 38.9. The van der Waals surface area contributed by atoms with E-state index in [1.807, 2.05) is 20.8 Å². The zero-order valence-electron chi connectivity index (χ0n) is 16.5. The third-order valence-electron chi connectivity index (χ3n) is 6.65. The van der Waals surface area contributed by atoms with Gasteiger partial charge in [0, 0.05) is 17.0 Å². The number of allylic oxidation sites excluding steroid dienone is 1. The van der Waals surface area contributed by atoms with Crippen LogP contribution < -0.4 is 5.32 Å². The highest BCUT2D eigenvalue weighted by molar-refractivity contribution is 8.04. The molecule has 0 unspecified atom stereocenters. The lowest BCUT2D eigenvalue weighted by Crippen LogP contribution is -2.61. The summed E-state index contributed by atoms with van der Waals surface area (Å²) >= 11 is 1.35. The first kappa shape index (κ1) is 19.0. The fourth-order valence-electron chi connectivity index (χ4n) is 5.77. The van der Waals surface area contributed by atoms with E-state index in [0.717, 1.165) is 37.0 Å². The van der Waals surface area contributed by atoms with Gasteiger partial charge in [0.2, 0.25) is 11.8 Å². The van der Waals surface area contributed by atoms with Crippen LogP contribution in [0, 0.1) is 23.2 Å². The Morgan fingerprint density at radius 2 is 1.70 bits per heavy atom. The van der Waals surface area contributed by atoms with Crippen molar-refractivity contribution in [3.63, 3.8) is 0 Å². The van der Waals surface area contributed by atoms with Crippen molar-refractivity contribution >= 4 is 29.4 Å². The molecule has 5 nitrogen and oxygen atoms in total. The third kappa shape index (κ3) is 3.82. The largest absolute Gasteiger partial charge is 0.349 e. The summed E-state index contributed by atoms with van der Waals surface area (Å²) in [7, 11) is 0. The molecule has 6 heteroatoms. The maximum Gasteiger partial charge on any atom is 0.240 e. The summed E-state index contributed by atoms with van der Waals surface area (Å²) in [6.45, 7) is 5.60. The van der Waals surface area contributed by atoms with Crippen molar-refractivity contribution in [3.05, 3.63) is 11.1 Å². The van der Waals surface area contributed by atoms with Crippen molar-refractivity contribution in [2.24, 2.45) is 23.2 Å². The van der Waals surface area contributed by atoms with E-state index in [-0.39, 0.29) is 29.7 Å². The lowest BCUT2D eigenvalue weighted by Gasteiger charge is -2.57. The minimum atomic E-state index is -0.494. The summed E-state index contributed by atoms with van der Waals surface area (Å²) in [6, 6.07) is 0. The maximum absolute atomic E-state index is 12.8. The molecule has 2 amide bonds. The molecule has 0 aromatic carbocycles. The minimum absolute atomic E-state index is 0.0220. The normalized spacial score (nSPS) is 36.6. The molecule has 0 aromatic rings. The Labute approximate surface area is 165 Å². The van der Waals surface area contributed by atoms with Gasteiger partial charge in [-0.2, -0.15) is 0 Å². The molecule has 5 aliphatic rings. The first-order valence-corrected chi connectivity index (χ1v) is 11.1. The summed E-state index contributed by atoms with van der Waals surface area (Å²) in [5, 5.41) is 3.93. The fourth-order valence-corrected chi connectivity index (χ4v) is 6.71. The Kier molecular flexibility index (Phi) is 4.68. The summed E-state index contributed by atoms with van der Waals surface area (Å²) in [5.74, 6) is 2.40. The Bertz CT molecular complexity index is 671. The summed E-state index contributed by atoms with van der Waals surface area (Å²) < 4.78 is 0. The van der Waals surface area contributed by atoms with Crippen molar-refractivity contribution in [1.82, 2.24) is 10.2 Å². The topological polar surface area (TPSA) is 66.5 Å². The molecule has 1 aliphatic heterocycles. The van der Waals surface area contributed by atoms with Crippen molar-refractivity contribution in [1.29, 1.82) is 0 Å². The van der Waals surface area contributed by atoms with Crippen molar-refractivity contribution in [2.45, 2.75) is 64.8 Å². The summed E-state index contributed by atoms with van der Waals surface area (Å²) in [5.41, 5.74) is -0.542. The second kappa shape index (κ2) is 6.64. The van der Waals surface area contributed by atoms with Gasteiger partial charge in [0.15, 0.2) is 5.78 Å². The average Bonchev–Trinajstić information content (AvgIpc) is 2.85. The highest BCUT2D eigenvalue weighted by Gasteiger charge is 2.51. The van der Waals surface area contributed by atoms with Gasteiger partial charge in [0.05, 0.1) is 10.8 Å². The van der Waals surface area contributed by atoms with Gasteiger partial charge >= 0.3 is 0 Å². The van der Waals surface area contributed by atoms with Crippen LogP contribution in [0.3, 0.4) is 0 Å². The number of amides is 2. The zero-order chi connectivity index (χ0) is 19.4. The Morgan fingerprint density at radius 3 is 2.22 bits per heavy atom. The van der Waals surface area contributed by atoms with Gasteiger partial charge in [-0.1, -0.05) is 32.5 Å². The van der Waals surface area contributed by atoms with Gasteiger partial charge in [-0.05, 0) is 56.3 Å². The molecule has 5 rings (SSSR count). The molecular weight excluding hydrogens is 360 g/mol. The maximum atomic E-state index is 12.8. The van der Waals surface area contributed by atoms with Crippen LogP contribution in [-0.4, -0.2) is 40.3 Å². The van der Waals surface area contributed by atoms with E-state index in [2.05, 4.69) is 5.32 Å². The number of carbonyl (C=O) groups excluding carboxylic acids is 3. The van der Waals surface area contributed by atoms with Crippen LogP contribution >= 0.6 is 11.8 Å². The second-order valence-corrected chi connectivity index (χ2v) is 11.1. The van der Waals surface area contributed by atoms with Crippen LogP contribution in [0.15, 0.2) is 11.1 Å². The predicted molar refractivity (Wildman–Crippen MR) is 106 cm³/mol. The lowest BCUT2D eigenvalue weighted by atomic mass is 9.53. The van der Waals surface area contributed by atoms with Crippen LogP contribution in [0.2, 0.25) is 0 Å². The van der Waals surface area contributed by atoms with E-state index in [1.54, 1.807) is 0 Å². The van der Waals surface area contributed by atoms with E-state index < -0.39 is 5.41 Å². The number of nitrogens with one attached hydrogen (secondary N) is 1. The quantitative estimate of drug-likeness (QED) is 0.749. The number of carbonyl (C=O) groups is 3. The molecule has 0 atom stereocenters. The van der Waals surface area contributed by atoms with Gasteiger partial charge in [0.1, 0.15) is 6.54 Å². The van der Waals surface area contributed by atoms with Crippen molar-refractivity contribution in [2.75, 3.05) is 12.3 Å². The number of rotatable bonds is 4. The summed E-state index contributed by atoms with van der Waals surface area (Å²) in [6.07, 6.45) is 8.82. The monoisotopic (exact) mass is 390 g/mol. The molecule has 4 saturated carbocycles. The van der Waals surface area contributed by atoms with Gasteiger partial charge < -0.3 is 5.32 Å². The van der Waals surface area contributed by atoms with Crippen molar-refractivity contribution in [3.8, 4) is 0 Å². The van der Waals surface area contributed by atoms with Gasteiger partial charge in [-0.15, -0.1) is 0 Å². The van der Waals surface area contributed by atoms with Gasteiger partial charge in [0.25, 0.3) is 0 Å². The zero-order valence-corrected chi connectivity index (χ0v) is 17.4. The molecule has 1 N–H and O–H groups in total. The number of ketones is 1. The molecule has 5 fully saturated rings. The molecule has 0 aromatic heterocycles. The molecule has 0 radical (unpaired) electrons. The molecule has 4 aliphatic carbocycles. The van der Waals surface area contributed by atoms with Crippen LogP contribution in [0.5, 0.6) is 0 Å². The molecule has 27 heavy (non-hydrogen) atoms. The number of hydrogen-bond donors (Lipinski definition) is 1. The number of nitrogens with zero attached hydrogens (tertiary/aromatic N) is 1. The molecule has 1 heterocycles. The highest BCUT2D eigenvalue weighted by Crippen LogP contribution is 2.55. The highest BCUT2D eigenvalue weighted by atomic mass is 32.2. The van der Waals surface area contributed by atoms with E-state index >= 15 is 0 Å².